The first-order valence-corrected chi connectivity index (χ1v) is 8.12. The van der Waals surface area contributed by atoms with Crippen molar-refractivity contribution in [3.8, 4) is 0 Å². The van der Waals surface area contributed by atoms with Crippen molar-refractivity contribution < 1.29 is 13.7 Å². The zero-order valence-electron chi connectivity index (χ0n) is 14.3. The maximum atomic E-state index is 13.8. The van der Waals surface area contributed by atoms with Crippen LogP contribution in [0.15, 0.2) is 34.9 Å². The van der Waals surface area contributed by atoms with Crippen molar-refractivity contribution >= 4 is 16.8 Å². The lowest BCUT2D eigenvalue weighted by molar-refractivity contribution is 0.0928. The van der Waals surface area contributed by atoms with Crippen LogP contribution in [-0.2, 0) is 6.42 Å². The number of carbonyl (C=O) groups excluding carboxylic acids is 1. The first-order chi connectivity index (χ1) is 11.9. The number of fused-ring (bicyclic) bond motifs is 1. The van der Waals surface area contributed by atoms with Gasteiger partial charge in [0.25, 0.3) is 5.91 Å². The zero-order chi connectivity index (χ0) is 18.0. The molecule has 0 aliphatic carbocycles. The summed E-state index contributed by atoms with van der Waals surface area (Å²) in [6.45, 7) is 5.86. The van der Waals surface area contributed by atoms with Gasteiger partial charge in [-0.3, -0.25) is 4.79 Å². The van der Waals surface area contributed by atoms with E-state index in [1.165, 1.54) is 6.07 Å². The number of benzene rings is 1. The maximum absolute atomic E-state index is 13.8. The molecule has 0 fully saturated rings. The number of nitrogens with one attached hydrogen (secondary N) is 1. The van der Waals surface area contributed by atoms with Gasteiger partial charge in [-0.25, -0.2) is 9.37 Å². The number of rotatable bonds is 5. The summed E-state index contributed by atoms with van der Waals surface area (Å²) in [6.07, 6.45) is 0.704. The van der Waals surface area contributed by atoms with E-state index in [9.17, 15) is 9.18 Å². The van der Waals surface area contributed by atoms with Gasteiger partial charge in [0.05, 0.1) is 0 Å². The number of halogens is 1. The van der Waals surface area contributed by atoms with Gasteiger partial charge in [-0.1, -0.05) is 37.2 Å². The molecule has 1 atom stereocenters. The molecule has 1 aromatic carbocycles. The molecule has 0 aliphatic heterocycles. The second-order valence-electron chi connectivity index (χ2n) is 6.35. The topological polar surface area (TPSA) is 80.9 Å². The predicted octanol–water partition coefficient (Wildman–Crippen LogP) is 3.45. The van der Waals surface area contributed by atoms with Crippen molar-refractivity contribution in [2.24, 2.45) is 5.92 Å². The molecule has 6 nitrogen and oxygen atoms in total. The average Bonchev–Trinajstić information content (AvgIpc) is 3.02. The number of aromatic nitrogens is 3. The van der Waals surface area contributed by atoms with E-state index < -0.39 is 17.8 Å². The minimum atomic E-state index is -0.473. The Morgan fingerprint density at radius 1 is 1.20 bits per heavy atom. The molecular formula is C18H19FN4O2. The van der Waals surface area contributed by atoms with Crippen LogP contribution in [0.4, 0.5) is 4.39 Å². The summed E-state index contributed by atoms with van der Waals surface area (Å²) in [7, 11) is 0. The van der Waals surface area contributed by atoms with Gasteiger partial charge in [0.2, 0.25) is 5.89 Å². The second kappa shape index (κ2) is 6.96. The Kier molecular flexibility index (Phi) is 4.74. The third-order valence-electron chi connectivity index (χ3n) is 3.70. The molecule has 130 valence electrons. The van der Waals surface area contributed by atoms with Crippen molar-refractivity contribution in [2.45, 2.75) is 33.2 Å². The lowest BCUT2D eigenvalue weighted by atomic mass is 10.1. The van der Waals surface area contributed by atoms with Crippen LogP contribution < -0.4 is 5.32 Å². The number of pyridine rings is 1. The summed E-state index contributed by atoms with van der Waals surface area (Å²) >= 11 is 0. The molecular weight excluding hydrogens is 323 g/mol. The third-order valence-corrected chi connectivity index (χ3v) is 3.70. The highest BCUT2D eigenvalue weighted by molar-refractivity contribution is 5.95. The van der Waals surface area contributed by atoms with Crippen LogP contribution in [0.25, 0.3) is 10.9 Å². The smallest absolute Gasteiger partial charge is 0.270 e. The molecule has 3 aromatic rings. The van der Waals surface area contributed by atoms with E-state index in [4.69, 9.17) is 4.52 Å². The van der Waals surface area contributed by atoms with E-state index in [0.717, 1.165) is 0 Å². The lowest BCUT2D eigenvalue weighted by Crippen LogP contribution is -2.27. The van der Waals surface area contributed by atoms with Crippen LogP contribution in [0.1, 0.15) is 49.0 Å². The quantitative estimate of drug-likeness (QED) is 0.768. The summed E-state index contributed by atoms with van der Waals surface area (Å²) in [5, 5.41) is 7.29. The molecule has 0 radical (unpaired) electrons. The highest BCUT2D eigenvalue weighted by Crippen LogP contribution is 2.17. The molecule has 1 N–H and O–H groups in total. The summed E-state index contributed by atoms with van der Waals surface area (Å²) < 4.78 is 19.0. The first-order valence-electron chi connectivity index (χ1n) is 8.12. The molecule has 2 aromatic heterocycles. The Bertz CT molecular complexity index is 907. The lowest BCUT2D eigenvalue weighted by Gasteiger charge is -2.09. The highest BCUT2D eigenvalue weighted by atomic mass is 19.1. The fourth-order valence-electron chi connectivity index (χ4n) is 2.46. The van der Waals surface area contributed by atoms with Crippen molar-refractivity contribution in [3.05, 3.63) is 53.6 Å². The van der Waals surface area contributed by atoms with Crippen LogP contribution in [0.2, 0.25) is 0 Å². The van der Waals surface area contributed by atoms with Gasteiger partial charge in [0, 0.05) is 11.8 Å². The molecule has 0 bridgehead atoms. The van der Waals surface area contributed by atoms with E-state index >= 15 is 0 Å². The molecule has 1 amide bonds. The summed E-state index contributed by atoms with van der Waals surface area (Å²) in [6, 6.07) is 7.41. The standard InChI is InChI=1S/C18H19FN4O2/c1-10(2)9-15-22-18(25-23-15)11(3)20-17(24)14-8-7-12-5-4-6-13(19)16(12)21-14/h4-8,10-11H,9H2,1-3H3,(H,20,24)/t11-/m0/s1. The van der Waals surface area contributed by atoms with Gasteiger partial charge < -0.3 is 9.84 Å². The van der Waals surface area contributed by atoms with Gasteiger partial charge in [0.15, 0.2) is 5.82 Å². The van der Waals surface area contributed by atoms with Crippen molar-refractivity contribution in [3.63, 3.8) is 0 Å². The van der Waals surface area contributed by atoms with Gasteiger partial charge in [-0.2, -0.15) is 4.98 Å². The molecule has 25 heavy (non-hydrogen) atoms. The van der Waals surface area contributed by atoms with Crippen molar-refractivity contribution in [1.29, 1.82) is 0 Å². The minimum Gasteiger partial charge on any atom is -0.339 e. The third kappa shape index (κ3) is 3.81. The Balaban J connectivity index is 1.75. The fraction of sp³-hybridized carbons (Fsp3) is 0.333. The van der Waals surface area contributed by atoms with Crippen LogP contribution in [0, 0.1) is 11.7 Å². The largest absolute Gasteiger partial charge is 0.339 e. The normalized spacial score (nSPS) is 12.5. The monoisotopic (exact) mass is 342 g/mol. The molecule has 0 saturated heterocycles. The Morgan fingerprint density at radius 3 is 2.76 bits per heavy atom. The van der Waals surface area contributed by atoms with Gasteiger partial charge in [0.1, 0.15) is 23.1 Å². The summed E-state index contributed by atoms with van der Waals surface area (Å²) in [5.74, 6) is 0.455. The number of amides is 1. The SMILES string of the molecule is CC(C)Cc1noc([C@H](C)NC(=O)c2ccc3cccc(F)c3n2)n1. The van der Waals surface area contributed by atoms with E-state index in [0.29, 0.717) is 29.4 Å². The first kappa shape index (κ1) is 17.0. The Morgan fingerprint density at radius 2 is 2.00 bits per heavy atom. The number of carbonyl (C=O) groups is 1. The summed E-state index contributed by atoms with van der Waals surface area (Å²) in [5.41, 5.74) is 0.297. The van der Waals surface area contributed by atoms with Crippen molar-refractivity contribution in [1.82, 2.24) is 20.4 Å². The number of para-hydroxylation sites is 1. The molecule has 2 heterocycles. The van der Waals surface area contributed by atoms with Crippen LogP contribution in [0.5, 0.6) is 0 Å². The molecule has 0 saturated carbocycles. The van der Waals surface area contributed by atoms with E-state index in [1.807, 2.05) is 0 Å². The van der Waals surface area contributed by atoms with Crippen LogP contribution in [-0.4, -0.2) is 21.0 Å². The summed E-state index contributed by atoms with van der Waals surface area (Å²) in [4.78, 5) is 20.8. The van der Waals surface area contributed by atoms with Gasteiger partial charge in [-0.05, 0) is 25.0 Å². The number of nitrogens with zero attached hydrogens (tertiary/aromatic N) is 3. The Hall–Kier alpha value is -2.83. The number of hydrogen-bond donors (Lipinski definition) is 1. The van der Waals surface area contributed by atoms with E-state index in [-0.39, 0.29) is 11.2 Å². The predicted molar refractivity (Wildman–Crippen MR) is 90.4 cm³/mol. The van der Waals surface area contributed by atoms with Crippen LogP contribution >= 0.6 is 0 Å². The average molecular weight is 342 g/mol. The second-order valence-corrected chi connectivity index (χ2v) is 6.35. The van der Waals surface area contributed by atoms with Crippen molar-refractivity contribution in [2.75, 3.05) is 0 Å². The van der Waals surface area contributed by atoms with E-state index in [1.54, 1.807) is 31.2 Å². The Labute approximate surface area is 144 Å². The minimum absolute atomic E-state index is 0.131. The van der Waals surface area contributed by atoms with Gasteiger partial charge >= 0.3 is 0 Å². The molecule has 0 spiro atoms. The fourth-order valence-corrected chi connectivity index (χ4v) is 2.46. The molecule has 3 rings (SSSR count). The van der Waals surface area contributed by atoms with Crippen LogP contribution in [0.3, 0.4) is 0 Å². The number of hydrogen-bond acceptors (Lipinski definition) is 5. The molecule has 0 unspecified atom stereocenters. The molecule has 7 heteroatoms. The van der Waals surface area contributed by atoms with E-state index in [2.05, 4.69) is 34.3 Å². The molecule has 0 aliphatic rings. The maximum Gasteiger partial charge on any atom is 0.270 e. The highest BCUT2D eigenvalue weighted by Gasteiger charge is 2.19. The zero-order valence-corrected chi connectivity index (χ0v) is 14.3. The van der Waals surface area contributed by atoms with Gasteiger partial charge in [-0.15, -0.1) is 0 Å².